The topological polar surface area (TPSA) is 83.9 Å². The van der Waals surface area contributed by atoms with Gasteiger partial charge in [0.2, 0.25) is 0 Å². The van der Waals surface area contributed by atoms with Gasteiger partial charge in [-0.2, -0.15) is 0 Å². The lowest BCUT2D eigenvalue weighted by molar-refractivity contribution is -0.144. The zero-order valence-electron chi connectivity index (χ0n) is 29.3. The molecule has 262 valence electrons. The van der Waals surface area contributed by atoms with Gasteiger partial charge >= 0.3 is 5.97 Å². The molecule has 3 aliphatic carbocycles. The minimum atomic E-state index is -1.05. The average Bonchev–Trinajstić information content (AvgIpc) is 3.63. The van der Waals surface area contributed by atoms with Crippen LogP contribution in [0.2, 0.25) is 5.02 Å². The number of carboxylic acids is 1. The number of carbonyl (C=O) groups is 1. The van der Waals surface area contributed by atoms with Crippen LogP contribution in [0.5, 0.6) is 11.5 Å². The predicted molar refractivity (Wildman–Crippen MR) is 195 cm³/mol. The largest absolute Gasteiger partial charge is 0.493 e. The number of anilines is 1. The van der Waals surface area contributed by atoms with E-state index < -0.39 is 11.5 Å². The summed E-state index contributed by atoms with van der Waals surface area (Å²) in [5.74, 6) is 2.33. The molecule has 3 aromatic rings. The fraction of sp³-hybridized carbons (Fsp3) is 0.561. The summed E-state index contributed by atoms with van der Waals surface area (Å²) >= 11 is 6.29. The third-order valence-corrected chi connectivity index (χ3v) is 12.6. The standard InChI is InChI=1S/C41H52ClN3O4/c1-27(25-49-37-14-19-43-36-11-4-7-28(2)38(36)37)21-30-22-29-12-13-34(48-26-33-10-6-20-45(33)3)24-35(29)40(30)15-17-41(18-16-40,39(46)47)44-32-9-5-8-31(42)23-32/h5,8-9,12-14,19,23-24,27-28,30,33,44H,4,6-7,10-11,15-18,20-22,25-26H2,1-3H3,(H,46,47)/t27-,28-,30?,33-,40?,41?/m1/s1. The lowest BCUT2D eigenvalue weighted by Crippen LogP contribution is -2.53. The van der Waals surface area contributed by atoms with Crippen molar-refractivity contribution in [2.45, 2.75) is 107 Å². The highest BCUT2D eigenvalue weighted by Gasteiger charge is 2.54. The van der Waals surface area contributed by atoms with Gasteiger partial charge < -0.3 is 24.8 Å². The van der Waals surface area contributed by atoms with E-state index in [0.717, 1.165) is 55.8 Å². The Morgan fingerprint density at radius 1 is 1.10 bits per heavy atom. The van der Waals surface area contributed by atoms with Crippen LogP contribution < -0.4 is 14.8 Å². The van der Waals surface area contributed by atoms with Crippen molar-refractivity contribution in [3.63, 3.8) is 0 Å². The molecular formula is C41H52ClN3O4. The first kappa shape index (κ1) is 34.2. The number of rotatable bonds is 11. The summed E-state index contributed by atoms with van der Waals surface area (Å²) in [5, 5.41) is 14.6. The van der Waals surface area contributed by atoms with Crippen LogP contribution in [-0.2, 0) is 23.1 Å². The maximum Gasteiger partial charge on any atom is 0.329 e. The number of aliphatic carboxylic acids is 1. The number of nitrogens with zero attached hydrogens (tertiary/aromatic N) is 2. The second kappa shape index (κ2) is 14.1. The normalized spacial score (nSPS) is 28.5. The molecular weight excluding hydrogens is 634 g/mol. The Morgan fingerprint density at radius 3 is 2.69 bits per heavy atom. The highest BCUT2D eigenvalue weighted by molar-refractivity contribution is 6.30. The molecule has 2 heterocycles. The predicted octanol–water partition coefficient (Wildman–Crippen LogP) is 8.67. The van der Waals surface area contributed by atoms with Crippen LogP contribution in [0, 0.1) is 11.8 Å². The maximum atomic E-state index is 13.0. The maximum absolute atomic E-state index is 13.0. The van der Waals surface area contributed by atoms with Gasteiger partial charge in [0.1, 0.15) is 23.6 Å². The van der Waals surface area contributed by atoms with Crippen molar-refractivity contribution in [2.24, 2.45) is 11.8 Å². The van der Waals surface area contributed by atoms with E-state index in [0.29, 0.717) is 54.9 Å². The summed E-state index contributed by atoms with van der Waals surface area (Å²) < 4.78 is 13.0. The number of halogens is 1. The molecule has 2 N–H and O–H groups in total. The van der Waals surface area contributed by atoms with E-state index in [2.05, 4.69) is 54.3 Å². The Morgan fingerprint density at radius 2 is 1.94 bits per heavy atom. The van der Waals surface area contributed by atoms with E-state index in [4.69, 9.17) is 21.1 Å². The third kappa shape index (κ3) is 6.90. The Kier molecular flexibility index (Phi) is 9.86. The number of hydrogen-bond acceptors (Lipinski definition) is 6. The highest BCUT2D eigenvalue weighted by atomic mass is 35.5. The second-order valence-electron chi connectivity index (χ2n) is 15.6. The lowest BCUT2D eigenvalue weighted by Gasteiger charge is -2.47. The fourth-order valence-corrected chi connectivity index (χ4v) is 9.74. The van der Waals surface area contributed by atoms with E-state index in [1.54, 1.807) is 0 Å². The number of ether oxygens (including phenoxy) is 2. The van der Waals surface area contributed by atoms with Crippen molar-refractivity contribution in [1.82, 2.24) is 9.88 Å². The Bertz CT molecular complexity index is 1650. The number of aryl methyl sites for hydroxylation is 1. The van der Waals surface area contributed by atoms with Crippen LogP contribution in [0.1, 0.15) is 99.9 Å². The number of fused-ring (bicyclic) bond motifs is 3. The molecule has 0 radical (unpaired) electrons. The van der Waals surface area contributed by atoms with Gasteiger partial charge in [-0.25, -0.2) is 4.79 Å². The van der Waals surface area contributed by atoms with Crippen molar-refractivity contribution < 1.29 is 19.4 Å². The number of hydrogen-bond donors (Lipinski definition) is 2. The highest BCUT2D eigenvalue weighted by Crippen LogP contribution is 2.57. The molecule has 7 rings (SSSR count). The molecule has 1 saturated carbocycles. The second-order valence-corrected chi connectivity index (χ2v) is 16.0. The van der Waals surface area contributed by atoms with Gasteiger partial charge in [0.15, 0.2) is 0 Å². The number of pyridine rings is 1. The molecule has 8 heteroatoms. The number of nitrogens with one attached hydrogen (secondary N) is 1. The molecule has 1 saturated heterocycles. The summed E-state index contributed by atoms with van der Waals surface area (Å²) in [7, 11) is 2.19. The van der Waals surface area contributed by atoms with Crippen molar-refractivity contribution >= 4 is 23.3 Å². The summed E-state index contributed by atoms with van der Waals surface area (Å²) in [6.07, 6.45) is 12.4. The Labute approximate surface area is 296 Å². The molecule has 0 bridgehead atoms. The van der Waals surface area contributed by atoms with Gasteiger partial charge in [0.05, 0.1) is 6.61 Å². The molecule has 7 nitrogen and oxygen atoms in total. The van der Waals surface area contributed by atoms with Crippen LogP contribution in [0.25, 0.3) is 0 Å². The zero-order chi connectivity index (χ0) is 34.2. The summed E-state index contributed by atoms with van der Waals surface area (Å²) in [6.45, 7) is 7.09. The van der Waals surface area contributed by atoms with Crippen LogP contribution in [0.15, 0.2) is 54.7 Å². The minimum absolute atomic E-state index is 0.119. The molecule has 2 fully saturated rings. The monoisotopic (exact) mass is 685 g/mol. The molecule has 1 aliphatic heterocycles. The minimum Gasteiger partial charge on any atom is -0.493 e. The van der Waals surface area contributed by atoms with Gasteiger partial charge in [-0.3, -0.25) is 4.98 Å². The number of likely N-dealkylation sites (tertiary alicyclic amines) is 1. The van der Waals surface area contributed by atoms with Gasteiger partial charge in [-0.05, 0) is 155 Å². The molecule has 4 atom stereocenters. The SMILES string of the molecule is C[C@@H](COc1ccnc2c1[C@H](C)CCC2)CC1Cc2ccc(OC[C@H]3CCCN3C)cc2C12CCC(Nc1cccc(Cl)c1)(C(=O)O)CC2. The Balaban J connectivity index is 1.12. The van der Waals surface area contributed by atoms with Gasteiger partial charge in [0.25, 0.3) is 0 Å². The van der Waals surface area contributed by atoms with Crippen LogP contribution in [0.4, 0.5) is 5.69 Å². The van der Waals surface area contributed by atoms with Crippen LogP contribution in [-0.4, -0.2) is 59.3 Å². The van der Waals surface area contributed by atoms with E-state index in [9.17, 15) is 9.90 Å². The van der Waals surface area contributed by atoms with Crippen LogP contribution >= 0.6 is 11.6 Å². The molecule has 49 heavy (non-hydrogen) atoms. The molecule has 1 unspecified atom stereocenters. The number of likely N-dealkylation sites (N-methyl/N-ethyl adjacent to an activating group) is 1. The van der Waals surface area contributed by atoms with E-state index >= 15 is 0 Å². The van der Waals surface area contributed by atoms with Crippen molar-refractivity contribution in [1.29, 1.82) is 0 Å². The summed E-state index contributed by atoms with van der Waals surface area (Å²) in [5.41, 5.74) is 4.82. The summed E-state index contributed by atoms with van der Waals surface area (Å²) in [6, 6.07) is 16.6. The van der Waals surface area contributed by atoms with E-state index in [-0.39, 0.29) is 5.41 Å². The summed E-state index contributed by atoms with van der Waals surface area (Å²) in [4.78, 5) is 20.0. The van der Waals surface area contributed by atoms with Crippen LogP contribution in [0.3, 0.4) is 0 Å². The zero-order valence-corrected chi connectivity index (χ0v) is 30.1. The van der Waals surface area contributed by atoms with Crippen molar-refractivity contribution in [3.05, 3.63) is 82.1 Å². The first-order valence-electron chi connectivity index (χ1n) is 18.5. The molecule has 1 spiro atoms. The molecule has 4 aliphatic rings. The van der Waals surface area contributed by atoms with Crippen molar-refractivity contribution in [2.75, 3.05) is 32.1 Å². The van der Waals surface area contributed by atoms with Gasteiger partial charge in [-0.15, -0.1) is 0 Å². The molecule has 1 aromatic heterocycles. The first-order chi connectivity index (χ1) is 23.7. The fourth-order valence-electron chi connectivity index (χ4n) is 9.55. The first-order valence-corrected chi connectivity index (χ1v) is 18.9. The molecule has 2 aromatic carbocycles. The van der Waals surface area contributed by atoms with Gasteiger partial charge in [0, 0.05) is 34.2 Å². The number of aromatic nitrogens is 1. The lowest BCUT2D eigenvalue weighted by atomic mass is 9.59. The average molecular weight is 686 g/mol. The quantitative estimate of drug-likeness (QED) is 0.209. The van der Waals surface area contributed by atoms with Crippen molar-refractivity contribution in [3.8, 4) is 11.5 Å². The van der Waals surface area contributed by atoms with Gasteiger partial charge in [-0.1, -0.05) is 37.6 Å². The Hall–Kier alpha value is -3.29. The smallest absolute Gasteiger partial charge is 0.329 e. The van der Waals surface area contributed by atoms with E-state index in [1.807, 2.05) is 36.5 Å². The number of benzene rings is 2. The van der Waals surface area contributed by atoms with E-state index in [1.165, 1.54) is 48.1 Å². The number of carboxylic acid groups (broad SMARTS) is 1. The molecule has 0 amide bonds. The third-order valence-electron chi connectivity index (χ3n) is 12.4.